The molecule has 0 nitrogen and oxygen atoms in total. The zero-order chi connectivity index (χ0) is 8.10. The number of thioether (sulfide) groups is 1. The van der Waals surface area contributed by atoms with Crippen LogP contribution >= 0.6 is 20.8 Å². The molecule has 0 amide bonds. The predicted molar refractivity (Wildman–Crippen MR) is 53.5 cm³/mol. The van der Waals surface area contributed by atoms with Gasteiger partial charge in [0.1, 0.15) is 0 Å². The molecule has 0 saturated heterocycles. The lowest BCUT2D eigenvalue weighted by molar-refractivity contribution is 1.26. The molecule has 0 fully saturated rings. The summed E-state index contributed by atoms with van der Waals surface area (Å²) < 4.78 is 1.11. The third-order valence-corrected chi connectivity index (χ3v) is 3.69. The molecule has 0 unspecified atom stereocenters. The van der Waals surface area contributed by atoms with Gasteiger partial charge in [-0.15, -0.1) is 11.8 Å². The maximum atomic E-state index is 5.79. The van der Waals surface area contributed by atoms with Crippen LogP contribution in [-0.4, -0.2) is 25.5 Å². The summed E-state index contributed by atoms with van der Waals surface area (Å²) in [6.07, 6.45) is 2.11. The van der Waals surface area contributed by atoms with Gasteiger partial charge in [0.15, 0.2) is 0 Å². The Morgan fingerprint density at radius 3 is 2.82 bits per heavy atom. The molecule has 11 heavy (non-hydrogen) atoms. The first kappa shape index (κ1) is 9.71. The van der Waals surface area contributed by atoms with Crippen LogP contribution in [0.1, 0.15) is 5.56 Å². The molecule has 0 bridgehead atoms. The molecule has 0 N–H and O–H groups in total. The highest BCUT2D eigenvalue weighted by molar-refractivity contribution is 7.98. The van der Waals surface area contributed by atoms with Gasteiger partial charge in [-0.3, -0.25) is 0 Å². The smallest absolute Gasteiger partial charge is 0.345 e. The van der Waals surface area contributed by atoms with E-state index in [0.29, 0.717) is 0 Å². The summed E-state index contributed by atoms with van der Waals surface area (Å²) in [6, 6.07) is 8.48. The van der Waals surface area contributed by atoms with E-state index in [2.05, 4.69) is 30.5 Å². The van der Waals surface area contributed by atoms with Gasteiger partial charge in [0.2, 0.25) is 0 Å². The number of benzene rings is 1. The zero-order valence-electron chi connectivity index (χ0n) is 6.51. The van der Waals surface area contributed by atoms with Gasteiger partial charge in [-0.25, -0.2) is 0 Å². The Balaban J connectivity index is 2.83. The molecule has 3 heteroatoms. The second kappa shape index (κ2) is 5.30. The van der Waals surface area contributed by atoms with Crippen molar-refractivity contribution in [3.8, 4) is 0 Å². The molecule has 0 aliphatic rings. The second-order valence-electron chi connectivity index (χ2n) is 2.25. The van der Waals surface area contributed by atoms with Crippen LogP contribution < -0.4 is 0 Å². The fourth-order valence-corrected chi connectivity index (χ4v) is 3.09. The number of rotatable bonds is 3. The van der Waals surface area contributed by atoms with Crippen molar-refractivity contribution in [1.82, 2.24) is 0 Å². The van der Waals surface area contributed by atoms with Gasteiger partial charge in [0.25, 0.3) is 0 Å². The van der Waals surface area contributed by atoms with Crippen molar-refractivity contribution < 1.29 is 0 Å². The Kier molecular flexibility index (Phi) is 4.68. The van der Waals surface area contributed by atoms with Crippen molar-refractivity contribution in [3.05, 3.63) is 29.8 Å². The molecule has 1 aromatic carbocycles. The molecule has 0 aliphatic carbocycles. The van der Waals surface area contributed by atoms with E-state index in [4.69, 9.17) is 9.07 Å². The minimum Gasteiger partial charge on any atom is -0.345 e. The molecule has 0 saturated carbocycles. The quantitative estimate of drug-likeness (QED) is 0.530. The Bertz CT molecular complexity index is 227. The van der Waals surface area contributed by atoms with Crippen molar-refractivity contribution in [3.63, 3.8) is 0 Å². The van der Waals surface area contributed by atoms with Gasteiger partial charge in [0, 0.05) is 4.90 Å². The van der Waals surface area contributed by atoms with E-state index in [1.165, 1.54) is 10.5 Å². The highest BCUT2D eigenvalue weighted by atomic mass is 35.5. The van der Waals surface area contributed by atoms with Gasteiger partial charge in [-0.1, -0.05) is 28.3 Å². The normalized spacial score (nSPS) is 9.27. The summed E-state index contributed by atoms with van der Waals surface area (Å²) in [7, 11) is 5.79. The maximum Gasteiger partial charge on any atom is 0.505 e. The monoisotopic (exact) mass is 196 g/mol. The largest absolute Gasteiger partial charge is 0.505 e. The van der Waals surface area contributed by atoms with Crippen molar-refractivity contribution in [2.75, 3.05) is 6.26 Å². The molecule has 0 aromatic heterocycles. The van der Waals surface area contributed by atoms with Crippen LogP contribution in [0.4, 0.5) is 0 Å². The third kappa shape index (κ3) is 2.86. The lowest BCUT2D eigenvalue weighted by Gasteiger charge is -2.03. The van der Waals surface area contributed by atoms with E-state index in [9.17, 15) is 0 Å². The lowest BCUT2D eigenvalue weighted by Crippen LogP contribution is -1.90. The SMILES string of the molecule is CSc1ccccc1[CH2][Mg][Cl]. The molecule has 1 rings (SSSR count). The van der Waals surface area contributed by atoms with E-state index in [-0.39, 0.29) is 19.3 Å². The lowest BCUT2D eigenvalue weighted by atomic mass is 10.2. The summed E-state index contributed by atoms with van der Waals surface area (Å²) in [5.74, 6) is 0. The predicted octanol–water partition coefficient (Wildman–Crippen LogP) is 2.77. The molecule has 0 heterocycles. The summed E-state index contributed by atoms with van der Waals surface area (Å²) in [6.45, 7) is 0. The van der Waals surface area contributed by atoms with Crippen LogP contribution in [0.15, 0.2) is 29.2 Å². The standard InChI is InChI=1S/C8H9S.ClH.Mg/c1-7-5-3-4-6-8(7)9-2;;/h3-6H,1H2,2H3;1H;/q;;+1/p-1. The number of halogens is 1. The van der Waals surface area contributed by atoms with Crippen molar-refractivity contribution >= 4 is 40.1 Å². The van der Waals surface area contributed by atoms with Gasteiger partial charge < -0.3 is 9.07 Å². The summed E-state index contributed by atoms with van der Waals surface area (Å²) in [4.78, 5) is 1.38. The first-order valence-electron chi connectivity index (χ1n) is 3.56. The average molecular weight is 197 g/mol. The fraction of sp³-hybridized carbons (Fsp3) is 0.250. The third-order valence-electron chi connectivity index (χ3n) is 1.56. The van der Waals surface area contributed by atoms with Crippen molar-refractivity contribution in [2.24, 2.45) is 0 Å². The minimum atomic E-state index is -0.356. The molecule has 0 radical (unpaired) electrons. The fourth-order valence-electron chi connectivity index (χ4n) is 1.01. The molecular formula is C8H9ClMgS. The maximum absolute atomic E-state index is 5.79. The van der Waals surface area contributed by atoms with Crippen LogP contribution in [0.2, 0.25) is 0 Å². The first-order chi connectivity index (χ1) is 5.38. The van der Waals surface area contributed by atoms with Gasteiger partial charge >= 0.3 is 19.3 Å². The van der Waals surface area contributed by atoms with E-state index < -0.39 is 0 Å². The topological polar surface area (TPSA) is 0 Å². The van der Waals surface area contributed by atoms with E-state index in [0.717, 1.165) is 4.55 Å². The Morgan fingerprint density at radius 1 is 1.45 bits per heavy atom. The van der Waals surface area contributed by atoms with Crippen LogP contribution in [-0.2, 0) is 4.55 Å². The van der Waals surface area contributed by atoms with E-state index >= 15 is 0 Å². The molecule has 1 aromatic rings. The van der Waals surface area contributed by atoms with Gasteiger partial charge in [-0.2, -0.15) is 0 Å². The molecule has 56 valence electrons. The molecule has 0 aliphatic heterocycles. The Hall–Kier alpha value is 0.626. The highest BCUT2D eigenvalue weighted by Crippen LogP contribution is 2.19. The van der Waals surface area contributed by atoms with Crippen LogP contribution in [0.3, 0.4) is 0 Å². The highest BCUT2D eigenvalue weighted by Gasteiger charge is 1.99. The van der Waals surface area contributed by atoms with Crippen LogP contribution in [0, 0.1) is 0 Å². The van der Waals surface area contributed by atoms with Crippen LogP contribution in [0.25, 0.3) is 0 Å². The minimum absolute atomic E-state index is 0.356. The van der Waals surface area contributed by atoms with Gasteiger partial charge in [-0.05, 0) is 12.3 Å². The van der Waals surface area contributed by atoms with E-state index in [1.807, 2.05) is 0 Å². The molecule has 0 spiro atoms. The molecule has 0 atom stereocenters. The first-order valence-corrected chi connectivity index (χ1v) is 7.92. The second-order valence-corrected chi connectivity index (χ2v) is 5.11. The zero-order valence-corrected chi connectivity index (χ0v) is 9.50. The number of hydrogen-bond donors (Lipinski definition) is 0. The Labute approximate surface area is 85.2 Å². The van der Waals surface area contributed by atoms with Crippen molar-refractivity contribution in [2.45, 2.75) is 9.45 Å². The van der Waals surface area contributed by atoms with E-state index in [1.54, 1.807) is 11.8 Å². The summed E-state index contributed by atoms with van der Waals surface area (Å²) in [5, 5.41) is 0. The van der Waals surface area contributed by atoms with Crippen molar-refractivity contribution in [1.29, 1.82) is 0 Å². The average Bonchev–Trinajstić information content (AvgIpc) is 2.06. The Morgan fingerprint density at radius 2 is 2.18 bits per heavy atom. The molecular weight excluding hydrogens is 188 g/mol. The summed E-state index contributed by atoms with van der Waals surface area (Å²) in [5.41, 5.74) is 1.42. The number of hydrogen-bond acceptors (Lipinski definition) is 1. The van der Waals surface area contributed by atoms with Crippen LogP contribution in [0.5, 0.6) is 0 Å². The summed E-state index contributed by atoms with van der Waals surface area (Å²) >= 11 is 1.44. The van der Waals surface area contributed by atoms with Gasteiger partial charge in [0.05, 0.1) is 0 Å².